The van der Waals surface area contributed by atoms with Gasteiger partial charge in [0.2, 0.25) is 0 Å². The third-order valence-corrected chi connectivity index (χ3v) is 2.60. The van der Waals surface area contributed by atoms with E-state index in [-0.39, 0.29) is 17.8 Å². The van der Waals surface area contributed by atoms with Crippen LogP contribution < -0.4 is 5.32 Å². The Labute approximate surface area is 127 Å². The number of alkyl carbamates (subject to hydrolysis) is 1. The zero-order chi connectivity index (χ0) is 16.9. The van der Waals surface area contributed by atoms with Crippen LogP contribution in [0.15, 0.2) is 6.20 Å². The highest BCUT2D eigenvalue weighted by Gasteiger charge is 2.27. The molecule has 1 rings (SSSR count). The Hall–Kier alpha value is -2.13. The number of aromatic amines is 1. The minimum Gasteiger partial charge on any atom is -0.464 e. The Morgan fingerprint density at radius 3 is 2.59 bits per heavy atom. The van der Waals surface area contributed by atoms with Gasteiger partial charge in [0.15, 0.2) is 0 Å². The van der Waals surface area contributed by atoms with E-state index in [9.17, 15) is 19.8 Å². The van der Waals surface area contributed by atoms with Crippen LogP contribution in [0.3, 0.4) is 0 Å². The number of hydrogen-bond donors (Lipinski definition) is 4. The van der Waals surface area contributed by atoms with Crippen LogP contribution >= 0.6 is 0 Å². The summed E-state index contributed by atoms with van der Waals surface area (Å²) in [4.78, 5) is 22.9. The van der Waals surface area contributed by atoms with Crippen molar-refractivity contribution in [3.05, 3.63) is 17.5 Å². The molecule has 0 aromatic carbocycles. The zero-order valence-corrected chi connectivity index (χ0v) is 12.9. The summed E-state index contributed by atoms with van der Waals surface area (Å²) in [7, 11) is 1.18. The Morgan fingerprint density at radius 1 is 1.41 bits per heavy atom. The van der Waals surface area contributed by atoms with Gasteiger partial charge in [-0.15, -0.1) is 0 Å². The number of aliphatic hydroxyl groups is 2. The number of aliphatic hydroxyl groups excluding tert-OH is 2. The number of amides is 1. The van der Waals surface area contributed by atoms with Crippen molar-refractivity contribution >= 4 is 12.1 Å². The predicted molar refractivity (Wildman–Crippen MR) is 75.1 cm³/mol. The molecular weight excluding hydrogens is 294 g/mol. The van der Waals surface area contributed by atoms with Gasteiger partial charge in [-0.05, 0) is 20.8 Å². The van der Waals surface area contributed by atoms with Crippen molar-refractivity contribution in [1.29, 1.82) is 0 Å². The molecule has 2 unspecified atom stereocenters. The van der Waals surface area contributed by atoms with Crippen LogP contribution in [-0.2, 0) is 9.47 Å². The molecule has 0 aliphatic rings. The molecule has 22 heavy (non-hydrogen) atoms. The molecule has 0 saturated heterocycles. The van der Waals surface area contributed by atoms with Crippen LogP contribution in [0.25, 0.3) is 0 Å². The van der Waals surface area contributed by atoms with Gasteiger partial charge in [-0.25, -0.2) is 9.59 Å². The highest BCUT2D eigenvalue weighted by molar-refractivity contribution is 5.88. The number of aromatic nitrogens is 2. The zero-order valence-electron chi connectivity index (χ0n) is 12.9. The van der Waals surface area contributed by atoms with E-state index in [4.69, 9.17) is 4.74 Å². The lowest BCUT2D eigenvalue weighted by molar-refractivity contribution is 0.0119. The number of esters is 1. The number of H-pyrrole nitrogens is 1. The fraction of sp³-hybridized carbons (Fsp3) is 0.615. The van der Waals surface area contributed by atoms with Gasteiger partial charge in [-0.3, -0.25) is 5.10 Å². The summed E-state index contributed by atoms with van der Waals surface area (Å²) < 4.78 is 9.53. The maximum Gasteiger partial charge on any atom is 0.407 e. The van der Waals surface area contributed by atoms with Crippen molar-refractivity contribution in [3.63, 3.8) is 0 Å². The molecule has 0 spiro atoms. The number of carbonyl (C=O) groups excluding carboxylic acids is 2. The van der Waals surface area contributed by atoms with Crippen LogP contribution in [0.2, 0.25) is 0 Å². The molecule has 0 aliphatic heterocycles. The standard InChI is InChI=1S/C13H21N3O6/c1-13(2,3)22-12(20)14-6-8(17)10(18)7-5-15-16-9(7)11(19)21-4/h5,8,10,17-18H,6H2,1-4H3,(H,14,20)(H,15,16). The SMILES string of the molecule is COC(=O)c1[nH]ncc1C(O)C(O)CNC(=O)OC(C)(C)C. The van der Waals surface area contributed by atoms with E-state index in [0.717, 1.165) is 0 Å². The number of ether oxygens (including phenoxy) is 2. The topological polar surface area (TPSA) is 134 Å². The van der Waals surface area contributed by atoms with Crippen molar-refractivity contribution < 1.29 is 29.3 Å². The van der Waals surface area contributed by atoms with Gasteiger partial charge in [-0.1, -0.05) is 0 Å². The molecule has 1 amide bonds. The van der Waals surface area contributed by atoms with Crippen LogP contribution in [-0.4, -0.2) is 57.8 Å². The van der Waals surface area contributed by atoms with E-state index in [0.29, 0.717) is 0 Å². The maximum atomic E-state index is 11.5. The highest BCUT2D eigenvalue weighted by Crippen LogP contribution is 2.20. The predicted octanol–water partition coefficient (Wildman–Crippen LogP) is 0.115. The molecule has 124 valence electrons. The van der Waals surface area contributed by atoms with E-state index in [1.807, 2.05) is 0 Å². The van der Waals surface area contributed by atoms with Gasteiger partial charge in [-0.2, -0.15) is 5.10 Å². The number of carbonyl (C=O) groups is 2. The fourth-order valence-electron chi connectivity index (χ4n) is 1.61. The second-order valence-corrected chi connectivity index (χ2v) is 5.59. The summed E-state index contributed by atoms with van der Waals surface area (Å²) in [5, 5.41) is 28.3. The minimum atomic E-state index is -1.43. The Bertz CT molecular complexity index is 522. The first-order chi connectivity index (χ1) is 10.2. The van der Waals surface area contributed by atoms with Crippen LogP contribution in [0.5, 0.6) is 0 Å². The number of methoxy groups -OCH3 is 1. The summed E-state index contributed by atoms with van der Waals surface area (Å²) in [5.41, 5.74) is -0.660. The Balaban J connectivity index is 2.63. The third kappa shape index (κ3) is 5.01. The number of nitrogens with one attached hydrogen (secondary N) is 2. The quantitative estimate of drug-likeness (QED) is 0.567. The fourth-order valence-corrected chi connectivity index (χ4v) is 1.61. The molecule has 4 N–H and O–H groups in total. The first-order valence-electron chi connectivity index (χ1n) is 6.60. The summed E-state index contributed by atoms with van der Waals surface area (Å²) in [6, 6.07) is 0. The first kappa shape index (κ1) is 17.9. The molecule has 1 heterocycles. The average Bonchev–Trinajstić information content (AvgIpc) is 2.90. The first-order valence-corrected chi connectivity index (χ1v) is 6.60. The van der Waals surface area contributed by atoms with Gasteiger partial charge >= 0.3 is 12.1 Å². The van der Waals surface area contributed by atoms with E-state index in [1.54, 1.807) is 20.8 Å². The molecular formula is C13H21N3O6. The highest BCUT2D eigenvalue weighted by atomic mass is 16.6. The molecule has 0 saturated carbocycles. The van der Waals surface area contributed by atoms with Crippen molar-refractivity contribution in [1.82, 2.24) is 15.5 Å². The molecule has 0 aliphatic carbocycles. The lowest BCUT2D eigenvalue weighted by Crippen LogP contribution is -2.39. The van der Waals surface area contributed by atoms with Gasteiger partial charge in [0.1, 0.15) is 23.5 Å². The van der Waals surface area contributed by atoms with Gasteiger partial charge in [0.25, 0.3) is 0 Å². The Kier molecular flexibility index (Phi) is 5.89. The number of nitrogens with zero attached hydrogens (tertiary/aromatic N) is 1. The smallest absolute Gasteiger partial charge is 0.407 e. The minimum absolute atomic E-state index is 0.0636. The summed E-state index contributed by atoms with van der Waals surface area (Å²) in [6.45, 7) is 4.84. The molecule has 1 aromatic heterocycles. The summed E-state index contributed by atoms with van der Waals surface area (Å²) in [5.74, 6) is -0.723. The van der Waals surface area contributed by atoms with Gasteiger partial charge < -0.3 is 25.0 Å². The van der Waals surface area contributed by atoms with E-state index >= 15 is 0 Å². The van der Waals surface area contributed by atoms with Crippen molar-refractivity contribution in [2.75, 3.05) is 13.7 Å². The molecule has 1 aromatic rings. The normalized spacial score (nSPS) is 14.1. The molecule has 9 nitrogen and oxygen atoms in total. The summed E-state index contributed by atoms with van der Waals surface area (Å²) >= 11 is 0. The van der Waals surface area contributed by atoms with Crippen LogP contribution in [0.4, 0.5) is 4.79 Å². The van der Waals surface area contributed by atoms with E-state index in [2.05, 4.69) is 20.3 Å². The second-order valence-electron chi connectivity index (χ2n) is 5.59. The largest absolute Gasteiger partial charge is 0.464 e. The lowest BCUT2D eigenvalue weighted by Gasteiger charge is -2.22. The molecule has 9 heteroatoms. The van der Waals surface area contributed by atoms with Gasteiger partial charge in [0, 0.05) is 12.1 Å². The van der Waals surface area contributed by atoms with Crippen molar-refractivity contribution in [3.8, 4) is 0 Å². The van der Waals surface area contributed by atoms with Crippen molar-refractivity contribution in [2.45, 2.75) is 38.6 Å². The average molecular weight is 315 g/mol. The maximum absolute atomic E-state index is 11.5. The van der Waals surface area contributed by atoms with Crippen LogP contribution in [0, 0.1) is 0 Å². The van der Waals surface area contributed by atoms with Crippen molar-refractivity contribution in [2.24, 2.45) is 0 Å². The number of hydrogen-bond acceptors (Lipinski definition) is 7. The molecule has 2 atom stereocenters. The van der Waals surface area contributed by atoms with Crippen LogP contribution in [0.1, 0.15) is 42.9 Å². The third-order valence-electron chi connectivity index (χ3n) is 2.60. The molecule has 0 radical (unpaired) electrons. The second kappa shape index (κ2) is 7.23. The van der Waals surface area contributed by atoms with E-state index < -0.39 is 29.9 Å². The summed E-state index contributed by atoms with van der Waals surface area (Å²) in [6.07, 6.45) is -2.30. The number of rotatable bonds is 5. The molecule has 0 bridgehead atoms. The molecule has 0 fully saturated rings. The Morgan fingerprint density at radius 2 is 2.05 bits per heavy atom. The monoisotopic (exact) mass is 315 g/mol. The lowest BCUT2D eigenvalue weighted by atomic mass is 10.1. The van der Waals surface area contributed by atoms with E-state index in [1.165, 1.54) is 13.3 Å². The van der Waals surface area contributed by atoms with Gasteiger partial charge in [0.05, 0.1) is 13.3 Å².